The van der Waals surface area contributed by atoms with Crippen LogP contribution in [-0.2, 0) is 6.54 Å². The second-order valence-corrected chi connectivity index (χ2v) is 6.46. The minimum Gasteiger partial charge on any atom is -0.348 e. The van der Waals surface area contributed by atoms with Gasteiger partial charge >= 0.3 is 0 Å². The molecule has 1 aliphatic rings. The fraction of sp³-hybridized carbons (Fsp3) is 0.500. The Balaban J connectivity index is 1.65. The molecule has 1 atom stereocenters. The summed E-state index contributed by atoms with van der Waals surface area (Å²) in [6.45, 7) is 2.14. The van der Waals surface area contributed by atoms with Gasteiger partial charge in [0.2, 0.25) is 11.9 Å². The number of nitrogens with zero attached hydrogens (tertiary/aromatic N) is 6. The number of aromatic amines is 1. The number of aromatic nitrogens is 4. The molecule has 9 heteroatoms. The lowest BCUT2D eigenvalue weighted by Crippen LogP contribution is -2.35. The summed E-state index contributed by atoms with van der Waals surface area (Å²) >= 11 is 0. The van der Waals surface area contributed by atoms with Gasteiger partial charge in [0.05, 0.1) is 18.1 Å². The van der Waals surface area contributed by atoms with Gasteiger partial charge in [0.1, 0.15) is 0 Å². The van der Waals surface area contributed by atoms with Gasteiger partial charge in [-0.05, 0) is 13.5 Å². The predicted octanol–water partition coefficient (Wildman–Crippen LogP) is 0.476. The number of anilines is 2. The van der Waals surface area contributed by atoms with Crippen LogP contribution in [0.15, 0.2) is 23.3 Å². The molecule has 0 spiro atoms. The molecule has 0 unspecified atom stereocenters. The van der Waals surface area contributed by atoms with Crippen molar-refractivity contribution in [2.45, 2.75) is 19.0 Å². The van der Waals surface area contributed by atoms with Crippen LogP contribution in [-0.4, -0.2) is 65.1 Å². The van der Waals surface area contributed by atoms with Crippen molar-refractivity contribution in [3.8, 4) is 0 Å². The quantitative estimate of drug-likeness (QED) is 0.842. The van der Waals surface area contributed by atoms with Crippen molar-refractivity contribution in [3.05, 3.63) is 40.3 Å². The Morgan fingerprint density at radius 1 is 1.32 bits per heavy atom. The van der Waals surface area contributed by atoms with E-state index in [1.165, 1.54) is 18.5 Å². The maximum absolute atomic E-state index is 13.0. The fourth-order valence-electron chi connectivity index (χ4n) is 2.92. The van der Waals surface area contributed by atoms with E-state index in [4.69, 9.17) is 0 Å². The van der Waals surface area contributed by atoms with E-state index in [1.807, 2.05) is 26.0 Å². The molecule has 1 fully saturated rings. The van der Waals surface area contributed by atoms with Crippen LogP contribution in [0.5, 0.6) is 0 Å². The van der Waals surface area contributed by atoms with E-state index < -0.39 is 5.82 Å². The first-order chi connectivity index (χ1) is 11.9. The highest BCUT2D eigenvalue weighted by Crippen LogP contribution is 2.20. The van der Waals surface area contributed by atoms with Crippen LogP contribution in [0.25, 0.3) is 0 Å². The standard InChI is InChI=1S/C16H22FN7O/c1-22(2)16-20-12(6-14(25)21-16)9-23(3)13-4-5-24(10-13)15-18-7-11(17)8-19-15/h6-8,13H,4-5,9-10H2,1-3H3,(H,20,21,25)/t13-/m0/s1. The monoisotopic (exact) mass is 347 g/mol. The topological polar surface area (TPSA) is 81.2 Å². The molecule has 3 rings (SSSR count). The summed E-state index contributed by atoms with van der Waals surface area (Å²) in [5, 5.41) is 0. The summed E-state index contributed by atoms with van der Waals surface area (Å²) in [5.41, 5.74) is 0.571. The highest BCUT2D eigenvalue weighted by Gasteiger charge is 2.27. The first-order valence-electron chi connectivity index (χ1n) is 8.12. The average Bonchev–Trinajstić information content (AvgIpc) is 3.05. The minimum atomic E-state index is -0.436. The van der Waals surface area contributed by atoms with E-state index in [1.54, 1.807) is 4.90 Å². The van der Waals surface area contributed by atoms with Crippen molar-refractivity contribution in [1.29, 1.82) is 0 Å². The van der Waals surface area contributed by atoms with E-state index in [0.29, 0.717) is 18.4 Å². The number of nitrogens with one attached hydrogen (secondary N) is 1. The van der Waals surface area contributed by atoms with Gasteiger partial charge in [-0.2, -0.15) is 0 Å². The smallest absolute Gasteiger partial charge is 0.252 e. The number of rotatable bonds is 5. The molecular weight excluding hydrogens is 325 g/mol. The molecule has 8 nitrogen and oxygen atoms in total. The largest absolute Gasteiger partial charge is 0.348 e. The minimum absolute atomic E-state index is 0.158. The predicted molar refractivity (Wildman–Crippen MR) is 93.3 cm³/mol. The van der Waals surface area contributed by atoms with Gasteiger partial charge in [-0.3, -0.25) is 14.7 Å². The summed E-state index contributed by atoms with van der Waals surface area (Å²) in [6.07, 6.45) is 3.31. The lowest BCUT2D eigenvalue weighted by Gasteiger charge is -2.24. The first kappa shape index (κ1) is 17.3. The molecule has 134 valence electrons. The summed E-state index contributed by atoms with van der Waals surface area (Å²) in [5.74, 6) is 0.652. The molecule has 1 N–H and O–H groups in total. The number of likely N-dealkylation sites (N-methyl/N-ethyl adjacent to an activating group) is 1. The number of halogens is 1. The molecule has 0 radical (unpaired) electrons. The molecule has 0 aromatic carbocycles. The summed E-state index contributed by atoms with van der Waals surface area (Å²) in [6, 6.07) is 1.82. The molecule has 0 bridgehead atoms. The van der Waals surface area contributed by atoms with Gasteiger partial charge in [-0.1, -0.05) is 0 Å². The second-order valence-electron chi connectivity index (χ2n) is 6.46. The third-order valence-corrected chi connectivity index (χ3v) is 4.29. The van der Waals surface area contributed by atoms with Gasteiger partial charge in [0.15, 0.2) is 5.82 Å². The lowest BCUT2D eigenvalue weighted by atomic mass is 10.2. The zero-order valence-corrected chi connectivity index (χ0v) is 14.6. The van der Waals surface area contributed by atoms with Gasteiger partial charge in [-0.25, -0.2) is 19.3 Å². The zero-order valence-electron chi connectivity index (χ0n) is 14.6. The van der Waals surface area contributed by atoms with Crippen LogP contribution in [0.3, 0.4) is 0 Å². The van der Waals surface area contributed by atoms with Crippen LogP contribution in [0.2, 0.25) is 0 Å². The second kappa shape index (κ2) is 7.14. The Labute approximate surface area is 145 Å². The van der Waals surface area contributed by atoms with Crippen molar-refractivity contribution in [2.24, 2.45) is 0 Å². The molecular formula is C16H22FN7O. The third kappa shape index (κ3) is 4.11. The third-order valence-electron chi connectivity index (χ3n) is 4.29. The summed E-state index contributed by atoms with van der Waals surface area (Å²) in [4.78, 5) is 33.0. The molecule has 0 aliphatic carbocycles. The molecule has 1 aliphatic heterocycles. The maximum Gasteiger partial charge on any atom is 0.252 e. The number of H-pyrrole nitrogens is 1. The van der Waals surface area contributed by atoms with Crippen molar-refractivity contribution in [2.75, 3.05) is 44.0 Å². The molecule has 1 saturated heterocycles. The summed E-state index contributed by atoms with van der Waals surface area (Å²) in [7, 11) is 5.69. The lowest BCUT2D eigenvalue weighted by molar-refractivity contribution is 0.247. The van der Waals surface area contributed by atoms with E-state index in [9.17, 15) is 9.18 Å². The Morgan fingerprint density at radius 2 is 2.04 bits per heavy atom. The Morgan fingerprint density at radius 3 is 2.72 bits per heavy atom. The normalized spacial score (nSPS) is 17.3. The van der Waals surface area contributed by atoms with Gasteiger partial charge in [0.25, 0.3) is 5.56 Å². The van der Waals surface area contributed by atoms with Crippen molar-refractivity contribution < 1.29 is 4.39 Å². The summed E-state index contributed by atoms with van der Waals surface area (Å²) < 4.78 is 13.0. The molecule has 0 saturated carbocycles. The Bertz CT molecular complexity index is 777. The van der Waals surface area contributed by atoms with Crippen LogP contribution < -0.4 is 15.4 Å². The SMILES string of the molecule is CN(C)c1nc(CN(C)[C@H]2CCN(c3ncc(F)cn3)C2)cc(=O)[nH]1. The molecule has 3 heterocycles. The van der Waals surface area contributed by atoms with Crippen molar-refractivity contribution >= 4 is 11.9 Å². The first-order valence-corrected chi connectivity index (χ1v) is 8.12. The van der Waals surface area contributed by atoms with Crippen LogP contribution in [0.4, 0.5) is 16.3 Å². The van der Waals surface area contributed by atoms with E-state index in [0.717, 1.165) is 25.2 Å². The van der Waals surface area contributed by atoms with Crippen molar-refractivity contribution in [3.63, 3.8) is 0 Å². The molecule has 2 aromatic rings. The zero-order chi connectivity index (χ0) is 18.0. The fourth-order valence-corrected chi connectivity index (χ4v) is 2.92. The molecule has 25 heavy (non-hydrogen) atoms. The van der Waals surface area contributed by atoms with E-state index in [-0.39, 0.29) is 11.6 Å². The van der Waals surface area contributed by atoms with Gasteiger partial charge < -0.3 is 9.80 Å². The van der Waals surface area contributed by atoms with Crippen molar-refractivity contribution in [1.82, 2.24) is 24.8 Å². The molecule has 2 aromatic heterocycles. The number of hydrogen-bond acceptors (Lipinski definition) is 7. The van der Waals surface area contributed by atoms with Crippen LogP contribution in [0.1, 0.15) is 12.1 Å². The Kier molecular flexibility index (Phi) is 4.93. The molecule has 0 amide bonds. The van der Waals surface area contributed by atoms with Gasteiger partial charge in [0, 0.05) is 45.8 Å². The van der Waals surface area contributed by atoms with Crippen LogP contribution >= 0.6 is 0 Å². The number of hydrogen-bond donors (Lipinski definition) is 1. The average molecular weight is 347 g/mol. The van der Waals surface area contributed by atoms with Gasteiger partial charge in [-0.15, -0.1) is 0 Å². The maximum atomic E-state index is 13.0. The van der Waals surface area contributed by atoms with E-state index >= 15 is 0 Å². The Hall–Kier alpha value is -2.55. The highest BCUT2D eigenvalue weighted by molar-refractivity contribution is 5.31. The van der Waals surface area contributed by atoms with E-state index in [2.05, 4.69) is 24.8 Å². The van der Waals surface area contributed by atoms with Crippen LogP contribution in [0, 0.1) is 5.82 Å². The highest BCUT2D eigenvalue weighted by atomic mass is 19.1.